The van der Waals surface area contributed by atoms with Gasteiger partial charge in [0, 0.05) is 11.3 Å². The first-order valence-electron chi connectivity index (χ1n) is 4.90. The van der Waals surface area contributed by atoms with E-state index in [9.17, 15) is 0 Å². The number of halogens is 2. The largest absolute Gasteiger partial charge is 0.232 e. The van der Waals surface area contributed by atoms with E-state index in [4.69, 9.17) is 11.6 Å². The minimum atomic E-state index is 0.548. The zero-order chi connectivity index (χ0) is 11.7. The third-order valence-electron chi connectivity index (χ3n) is 2.32. The number of rotatable bonds is 2. The van der Waals surface area contributed by atoms with Crippen LogP contribution in [0.5, 0.6) is 0 Å². The van der Waals surface area contributed by atoms with Gasteiger partial charge in [-0.05, 0) is 41.4 Å². The molecule has 0 saturated carbocycles. The zero-order valence-electron chi connectivity index (χ0n) is 8.92. The van der Waals surface area contributed by atoms with Gasteiger partial charge in [0.25, 0.3) is 0 Å². The fourth-order valence-corrected chi connectivity index (χ4v) is 2.93. The average Bonchev–Trinajstić information content (AvgIpc) is 2.69. The van der Waals surface area contributed by atoms with E-state index in [1.54, 1.807) is 11.3 Å². The number of aryl methyl sites for hydroxylation is 1. The highest BCUT2D eigenvalue weighted by Crippen LogP contribution is 2.30. The van der Waals surface area contributed by atoms with Crippen LogP contribution in [-0.4, -0.2) is 9.97 Å². The predicted molar refractivity (Wildman–Crippen MR) is 72.2 cm³/mol. The fourth-order valence-electron chi connectivity index (χ4n) is 1.42. The Balaban J connectivity index is 2.54. The van der Waals surface area contributed by atoms with E-state index in [1.807, 2.05) is 19.1 Å². The highest BCUT2D eigenvalue weighted by atomic mass is 79.9. The lowest BCUT2D eigenvalue weighted by Crippen LogP contribution is -1.98. The van der Waals surface area contributed by atoms with Gasteiger partial charge in [0.15, 0.2) is 5.82 Å². The Kier molecular flexibility index (Phi) is 3.62. The Morgan fingerprint density at radius 1 is 1.38 bits per heavy atom. The molecule has 0 spiro atoms. The smallest absolute Gasteiger partial charge is 0.171 e. The van der Waals surface area contributed by atoms with Crippen LogP contribution >= 0.6 is 38.9 Å². The van der Waals surface area contributed by atoms with E-state index < -0.39 is 0 Å². The molecule has 84 valence electrons. The second-order valence-electron chi connectivity index (χ2n) is 3.37. The molecule has 0 aliphatic rings. The lowest BCUT2D eigenvalue weighted by molar-refractivity contribution is 0.979. The normalized spacial score (nSPS) is 10.8. The zero-order valence-corrected chi connectivity index (χ0v) is 12.1. The van der Waals surface area contributed by atoms with Crippen molar-refractivity contribution in [3.8, 4) is 10.7 Å². The van der Waals surface area contributed by atoms with Crippen LogP contribution in [0, 0.1) is 6.92 Å². The first kappa shape index (κ1) is 12.0. The van der Waals surface area contributed by atoms with Gasteiger partial charge in [-0.3, -0.25) is 0 Å². The van der Waals surface area contributed by atoms with Crippen molar-refractivity contribution < 1.29 is 0 Å². The molecule has 0 radical (unpaired) electrons. The number of nitrogens with zero attached hydrogens (tertiary/aromatic N) is 2. The van der Waals surface area contributed by atoms with Crippen LogP contribution in [0.4, 0.5) is 0 Å². The van der Waals surface area contributed by atoms with Gasteiger partial charge in [-0.15, -0.1) is 11.3 Å². The quantitative estimate of drug-likeness (QED) is 0.763. The van der Waals surface area contributed by atoms with Crippen LogP contribution in [0.2, 0.25) is 5.15 Å². The van der Waals surface area contributed by atoms with Crippen molar-refractivity contribution in [3.63, 3.8) is 0 Å². The molecule has 16 heavy (non-hydrogen) atoms. The molecule has 5 heteroatoms. The van der Waals surface area contributed by atoms with Crippen LogP contribution in [0.15, 0.2) is 15.9 Å². The first-order valence-corrected chi connectivity index (χ1v) is 6.89. The molecule has 0 aliphatic carbocycles. The SMILES string of the molecule is CCc1nc(-c2ccc(Br)s2)nc(Cl)c1C. The number of aromatic nitrogens is 2. The lowest BCUT2D eigenvalue weighted by Gasteiger charge is -2.05. The van der Waals surface area contributed by atoms with Gasteiger partial charge in [0.1, 0.15) is 5.15 Å². The molecule has 0 fully saturated rings. The summed E-state index contributed by atoms with van der Waals surface area (Å²) in [6, 6.07) is 3.98. The molecule has 0 unspecified atom stereocenters. The molecule has 0 amide bonds. The van der Waals surface area contributed by atoms with Crippen LogP contribution in [0.25, 0.3) is 10.7 Å². The molecule has 0 bridgehead atoms. The summed E-state index contributed by atoms with van der Waals surface area (Å²) in [4.78, 5) is 9.87. The molecular weight excluding hydrogens is 308 g/mol. The summed E-state index contributed by atoms with van der Waals surface area (Å²) in [6.07, 6.45) is 0.869. The maximum Gasteiger partial charge on any atom is 0.171 e. The maximum atomic E-state index is 6.10. The maximum absolute atomic E-state index is 6.10. The Hall–Kier alpha value is -0.450. The molecule has 2 rings (SSSR count). The lowest BCUT2D eigenvalue weighted by atomic mass is 10.2. The monoisotopic (exact) mass is 316 g/mol. The molecule has 2 nitrogen and oxygen atoms in total. The predicted octanol–water partition coefficient (Wildman–Crippen LogP) is 4.49. The number of hydrogen-bond acceptors (Lipinski definition) is 3. The summed E-state index contributed by atoms with van der Waals surface area (Å²) in [5, 5.41) is 0.548. The third kappa shape index (κ3) is 2.29. The summed E-state index contributed by atoms with van der Waals surface area (Å²) >= 11 is 11.1. The van der Waals surface area contributed by atoms with Gasteiger partial charge in [-0.25, -0.2) is 9.97 Å². The van der Waals surface area contributed by atoms with Crippen molar-refractivity contribution in [1.29, 1.82) is 0 Å². The topological polar surface area (TPSA) is 25.8 Å². The van der Waals surface area contributed by atoms with Crippen LogP contribution in [0.3, 0.4) is 0 Å². The van der Waals surface area contributed by atoms with Crippen LogP contribution in [0.1, 0.15) is 18.2 Å². The highest BCUT2D eigenvalue weighted by molar-refractivity contribution is 9.11. The second kappa shape index (κ2) is 4.82. The van der Waals surface area contributed by atoms with Crippen LogP contribution < -0.4 is 0 Å². The van der Waals surface area contributed by atoms with Gasteiger partial charge >= 0.3 is 0 Å². The molecular formula is C11H10BrClN2S. The summed E-state index contributed by atoms with van der Waals surface area (Å²) in [5.41, 5.74) is 1.99. The van der Waals surface area contributed by atoms with Crippen molar-refractivity contribution in [2.45, 2.75) is 20.3 Å². The molecule has 0 saturated heterocycles. The Morgan fingerprint density at radius 2 is 2.12 bits per heavy atom. The standard InChI is InChI=1S/C11H10BrClN2S/c1-3-7-6(2)10(13)15-11(14-7)8-4-5-9(12)16-8/h4-5H,3H2,1-2H3. The van der Waals surface area contributed by atoms with Gasteiger partial charge in [-0.2, -0.15) is 0 Å². The highest BCUT2D eigenvalue weighted by Gasteiger charge is 2.10. The summed E-state index contributed by atoms with van der Waals surface area (Å²) < 4.78 is 1.07. The van der Waals surface area contributed by atoms with E-state index in [1.165, 1.54) is 0 Å². The van der Waals surface area contributed by atoms with Crippen molar-refractivity contribution >= 4 is 38.9 Å². The van der Waals surface area contributed by atoms with Gasteiger partial charge in [0.05, 0.1) is 8.66 Å². The minimum Gasteiger partial charge on any atom is -0.232 e. The molecule has 2 aromatic heterocycles. The Labute approximate surface area is 112 Å². The second-order valence-corrected chi connectivity index (χ2v) is 6.19. The van der Waals surface area contributed by atoms with Gasteiger partial charge < -0.3 is 0 Å². The third-order valence-corrected chi connectivity index (χ3v) is 4.30. The minimum absolute atomic E-state index is 0.548. The molecule has 0 atom stereocenters. The van der Waals surface area contributed by atoms with Crippen molar-refractivity contribution in [3.05, 3.63) is 32.3 Å². The van der Waals surface area contributed by atoms with E-state index in [-0.39, 0.29) is 0 Å². The van der Waals surface area contributed by atoms with Crippen LogP contribution in [-0.2, 0) is 6.42 Å². The molecule has 2 heterocycles. The molecule has 0 N–H and O–H groups in total. The first-order chi connectivity index (χ1) is 7.61. The van der Waals surface area contributed by atoms with Gasteiger partial charge in [0.2, 0.25) is 0 Å². The summed E-state index contributed by atoms with van der Waals surface area (Å²) in [5.74, 6) is 0.711. The fraction of sp³-hybridized carbons (Fsp3) is 0.273. The van der Waals surface area contributed by atoms with E-state index in [0.29, 0.717) is 11.0 Å². The van der Waals surface area contributed by atoms with Crippen molar-refractivity contribution in [1.82, 2.24) is 9.97 Å². The van der Waals surface area contributed by atoms with E-state index in [2.05, 4.69) is 32.8 Å². The molecule has 2 aromatic rings. The van der Waals surface area contributed by atoms with E-state index >= 15 is 0 Å². The number of hydrogen-bond donors (Lipinski definition) is 0. The van der Waals surface area contributed by atoms with Crippen molar-refractivity contribution in [2.75, 3.05) is 0 Å². The van der Waals surface area contributed by atoms with Gasteiger partial charge in [-0.1, -0.05) is 18.5 Å². The summed E-state index contributed by atoms with van der Waals surface area (Å²) in [7, 11) is 0. The molecule has 0 aliphatic heterocycles. The number of thiophene rings is 1. The average molecular weight is 318 g/mol. The van der Waals surface area contributed by atoms with E-state index in [0.717, 1.165) is 26.3 Å². The summed E-state index contributed by atoms with van der Waals surface area (Å²) in [6.45, 7) is 4.02. The Bertz CT molecular complexity index is 525. The Morgan fingerprint density at radius 3 is 2.69 bits per heavy atom. The van der Waals surface area contributed by atoms with Crippen molar-refractivity contribution in [2.24, 2.45) is 0 Å². The molecule has 0 aromatic carbocycles.